The smallest absolute Gasteiger partial charge is 0.0443 e. The van der Waals surface area contributed by atoms with Crippen LogP contribution in [0.4, 0.5) is 0 Å². The minimum atomic E-state index is 0.969. The molecule has 0 aliphatic heterocycles. The predicted molar refractivity (Wildman–Crippen MR) is 57.4 cm³/mol. The van der Waals surface area contributed by atoms with Crippen LogP contribution in [0.15, 0.2) is 0 Å². The largest absolute Gasteiger partial charge is 0.0654 e. The molecular weight excluding hydrogens is 144 g/mol. The molecule has 0 bridgehead atoms. The van der Waals surface area contributed by atoms with Gasteiger partial charge in [-0.2, -0.15) is 0 Å². The van der Waals surface area contributed by atoms with E-state index in [1.807, 2.05) is 0 Å². The van der Waals surface area contributed by atoms with Gasteiger partial charge in [0.2, 0.25) is 0 Å². The van der Waals surface area contributed by atoms with Crippen molar-refractivity contribution in [3.8, 4) is 0 Å². The highest BCUT2D eigenvalue weighted by molar-refractivity contribution is 4.52. The van der Waals surface area contributed by atoms with Gasteiger partial charge in [-0.15, -0.1) is 0 Å². The Bertz CT molecular complexity index is 76.1. The van der Waals surface area contributed by atoms with Gasteiger partial charge in [0.05, 0.1) is 0 Å². The molecule has 0 spiro atoms. The van der Waals surface area contributed by atoms with Crippen molar-refractivity contribution in [3.63, 3.8) is 0 Å². The predicted octanol–water partition coefficient (Wildman–Crippen LogP) is 4.78. The minimum Gasteiger partial charge on any atom is -0.0654 e. The van der Waals surface area contributed by atoms with Crippen LogP contribution in [-0.2, 0) is 0 Å². The molecule has 0 radical (unpaired) electrons. The summed E-state index contributed by atoms with van der Waals surface area (Å²) in [5.41, 5.74) is 0. The van der Waals surface area contributed by atoms with Crippen molar-refractivity contribution in [2.24, 2.45) is 5.92 Å². The minimum absolute atomic E-state index is 0.969. The van der Waals surface area contributed by atoms with Crippen molar-refractivity contribution in [1.82, 2.24) is 0 Å². The molecule has 0 rings (SSSR count). The van der Waals surface area contributed by atoms with E-state index in [-0.39, 0.29) is 0 Å². The molecule has 0 saturated carbocycles. The molecular formula is C12H26. The lowest BCUT2D eigenvalue weighted by Gasteiger charge is -2.08. The lowest BCUT2D eigenvalue weighted by Crippen LogP contribution is -1.93. The first-order valence-corrected chi connectivity index (χ1v) is 5.81. The summed E-state index contributed by atoms with van der Waals surface area (Å²) in [6, 6.07) is 0. The van der Waals surface area contributed by atoms with Crippen molar-refractivity contribution in [1.29, 1.82) is 0 Å². The molecule has 0 aliphatic carbocycles. The first-order valence-electron chi connectivity index (χ1n) is 5.81. The van der Waals surface area contributed by atoms with Crippen molar-refractivity contribution >= 4 is 0 Å². The summed E-state index contributed by atoms with van der Waals surface area (Å²) in [5.74, 6) is 0.969. The standard InChI is InChI=1S/C12H26/c1-4-6-7-8-9-11-12(3)10-5-2/h12H,4-11H2,1-3H3/t12-/m0/s1. The normalized spacial score (nSPS) is 13.2. The highest BCUT2D eigenvalue weighted by Gasteiger charge is 1.99. The number of hydrogen-bond acceptors (Lipinski definition) is 0. The Kier molecular flexibility index (Phi) is 9.09. The van der Waals surface area contributed by atoms with Gasteiger partial charge in [-0.1, -0.05) is 72.1 Å². The van der Waals surface area contributed by atoms with Crippen LogP contribution in [0.25, 0.3) is 0 Å². The summed E-state index contributed by atoms with van der Waals surface area (Å²) < 4.78 is 0. The number of hydrogen-bond donors (Lipinski definition) is 0. The van der Waals surface area contributed by atoms with Crippen LogP contribution >= 0.6 is 0 Å². The van der Waals surface area contributed by atoms with Gasteiger partial charge in [0.15, 0.2) is 0 Å². The summed E-state index contributed by atoms with van der Waals surface area (Å²) in [6.07, 6.45) is 11.4. The van der Waals surface area contributed by atoms with E-state index < -0.39 is 0 Å². The third-order valence-corrected chi connectivity index (χ3v) is 2.58. The fourth-order valence-corrected chi connectivity index (χ4v) is 1.73. The zero-order valence-corrected chi connectivity index (χ0v) is 9.23. The second-order valence-electron chi connectivity index (χ2n) is 4.10. The lowest BCUT2D eigenvalue weighted by atomic mass is 9.98. The van der Waals surface area contributed by atoms with E-state index in [1.54, 1.807) is 0 Å². The van der Waals surface area contributed by atoms with Gasteiger partial charge in [0, 0.05) is 0 Å². The maximum Gasteiger partial charge on any atom is -0.0443 e. The number of unbranched alkanes of at least 4 members (excludes halogenated alkanes) is 4. The molecule has 74 valence electrons. The maximum atomic E-state index is 2.39. The molecule has 0 heterocycles. The fraction of sp³-hybridized carbons (Fsp3) is 1.00. The third-order valence-electron chi connectivity index (χ3n) is 2.58. The van der Waals surface area contributed by atoms with Crippen molar-refractivity contribution < 1.29 is 0 Å². The Morgan fingerprint density at radius 1 is 0.750 bits per heavy atom. The molecule has 0 nitrogen and oxygen atoms in total. The van der Waals surface area contributed by atoms with Crippen LogP contribution in [0.3, 0.4) is 0 Å². The Balaban J connectivity index is 2.97. The van der Waals surface area contributed by atoms with Gasteiger partial charge in [0.1, 0.15) is 0 Å². The summed E-state index contributed by atoms with van der Waals surface area (Å²) in [6.45, 7) is 6.95. The summed E-state index contributed by atoms with van der Waals surface area (Å²) in [4.78, 5) is 0. The molecule has 0 unspecified atom stereocenters. The van der Waals surface area contributed by atoms with Crippen LogP contribution in [0.5, 0.6) is 0 Å². The molecule has 0 saturated heterocycles. The monoisotopic (exact) mass is 170 g/mol. The van der Waals surface area contributed by atoms with Gasteiger partial charge in [-0.25, -0.2) is 0 Å². The van der Waals surface area contributed by atoms with Gasteiger partial charge >= 0.3 is 0 Å². The first kappa shape index (κ1) is 12.0. The summed E-state index contributed by atoms with van der Waals surface area (Å²) in [5, 5.41) is 0. The average molecular weight is 170 g/mol. The SMILES string of the molecule is CCCCCCC[C@@H](C)CCC. The molecule has 0 aromatic carbocycles. The van der Waals surface area contributed by atoms with E-state index in [2.05, 4.69) is 20.8 Å². The van der Waals surface area contributed by atoms with Crippen molar-refractivity contribution in [3.05, 3.63) is 0 Å². The van der Waals surface area contributed by atoms with Gasteiger partial charge in [-0.3, -0.25) is 0 Å². The van der Waals surface area contributed by atoms with Gasteiger partial charge in [0.25, 0.3) is 0 Å². The van der Waals surface area contributed by atoms with Crippen LogP contribution in [0.2, 0.25) is 0 Å². The van der Waals surface area contributed by atoms with E-state index >= 15 is 0 Å². The highest BCUT2D eigenvalue weighted by atomic mass is 14.0. The second-order valence-corrected chi connectivity index (χ2v) is 4.10. The van der Waals surface area contributed by atoms with Gasteiger partial charge in [-0.05, 0) is 5.92 Å². The van der Waals surface area contributed by atoms with E-state index in [9.17, 15) is 0 Å². The first-order chi connectivity index (χ1) is 5.81. The lowest BCUT2D eigenvalue weighted by molar-refractivity contribution is 0.453. The Morgan fingerprint density at radius 3 is 2.00 bits per heavy atom. The molecule has 0 N–H and O–H groups in total. The maximum absolute atomic E-state index is 2.39. The topological polar surface area (TPSA) is 0 Å². The molecule has 0 aliphatic rings. The second kappa shape index (κ2) is 9.09. The van der Waals surface area contributed by atoms with E-state index in [0.29, 0.717) is 0 Å². The third kappa shape index (κ3) is 8.10. The zero-order chi connectivity index (χ0) is 9.23. The Hall–Kier alpha value is 0. The van der Waals surface area contributed by atoms with Gasteiger partial charge < -0.3 is 0 Å². The summed E-state index contributed by atoms with van der Waals surface area (Å²) >= 11 is 0. The molecule has 0 aromatic rings. The molecule has 0 heteroatoms. The molecule has 12 heavy (non-hydrogen) atoms. The fourth-order valence-electron chi connectivity index (χ4n) is 1.73. The van der Waals surface area contributed by atoms with Crippen LogP contribution in [0, 0.1) is 5.92 Å². The molecule has 0 fully saturated rings. The van der Waals surface area contributed by atoms with E-state index in [4.69, 9.17) is 0 Å². The Morgan fingerprint density at radius 2 is 1.42 bits per heavy atom. The van der Waals surface area contributed by atoms with Crippen LogP contribution in [-0.4, -0.2) is 0 Å². The average Bonchev–Trinajstić information content (AvgIpc) is 2.05. The van der Waals surface area contributed by atoms with E-state index in [1.165, 1.54) is 51.4 Å². The quantitative estimate of drug-likeness (QED) is 0.460. The van der Waals surface area contributed by atoms with Crippen LogP contribution < -0.4 is 0 Å². The molecule has 0 aromatic heterocycles. The van der Waals surface area contributed by atoms with Crippen molar-refractivity contribution in [2.75, 3.05) is 0 Å². The zero-order valence-electron chi connectivity index (χ0n) is 9.23. The highest BCUT2D eigenvalue weighted by Crippen LogP contribution is 2.15. The number of rotatable bonds is 8. The van der Waals surface area contributed by atoms with Crippen LogP contribution in [0.1, 0.15) is 72.1 Å². The summed E-state index contributed by atoms with van der Waals surface area (Å²) in [7, 11) is 0. The molecule has 1 atom stereocenters. The molecule has 0 amide bonds. The van der Waals surface area contributed by atoms with Crippen molar-refractivity contribution in [2.45, 2.75) is 72.1 Å². The van der Waals surface area contributed by atoms with E-state index in [0.717, 1.165) is 5.92 Å². The Labute approximate surface area is 78.8 Å².